The number of furan rings is 2. The van der Waals surface area contributed by atoms with Crippen molar-refractivity contribution in [3.8, 4) is 5.75 Å². The van der Waals surface area contributed by atoms with Crippen molar-refractivity contribution in [2.75, 3.05) is 6.61 Å². The third kappa shape index (κ3) is 4.19. The van der Waals surface area contributed by atoms with Gasteiger partial charge in [-0.1, -0.05) is 13.8 Å². The van der Waals surface area contributed by atoms with Gasteiger partial charge < -0.3 is 23.6 Å². The van der Waals surface area contributed by atoms with Crippen LogP contribution in [0.3, 0.4) is 0 Å². The Balaban J connectivity index is 1.73. The number of amides is 1. The van der Waals surface area contributed by atoms with Crippen molar-refractivity contribution in [3.05, 3.63) is 83.2 Å². The number of aryl methyl sites for hydroxylation is 1. The highest BCUT2D eigenvalue weighted by Crippen LogP contribution is 2.41. The fraction of sp³-hybridized carbons (Fsp3) is 0.280. The van der Waals surface area contributed by atoms with E-state index in [0.717, 1.165) is 0 Å². The first-order valence-corrected chi connectivity index (χ1v) is 10.5. The van der Waals surface area contributed by atoms with Crippen molar-refractivity contribution in [3.63, 3.8) is 0 Å². The van der Waals surface area contributed by atoms with E-state index in [0.29, 0.717) is 41.1 Å². The number of carbonyl (C=O) groups is 2. The number of hydrogen-bond acceptors (Lipinski definition) is 6. The third-order valence-electron chi connectivity index (χ3n) is 5.19. The van der Waals surface area contributed by atoms with Crippen LogP contribution in [0, 0.1) is 12.8 Å². The van der Waals surface area contributed by atoms with Gasteiger partial charge >= 0.3 is 0 Å². The normalized spacial score (nSPS) is 18.0. The molecule has 1 N–H and O–H groups in total. The number of likely N-dealkylation sites (tertiary alicyclic amines) is 1. The predicted molar refractivity (Wildman–Crippen MR) is 117 cm³/mol. The molecule has 1 aromatic carbocycles. The number of ketones is 1. The molecule has 0 saturated carbocycles. The van der Waals surface area contributed by atoms with Gasteiger partial charge in [0, 0.05) is 5.56 Å². The molecule has 1 unspecified atom stereocenters. The Hall–Kier alpha value is -3.74. The number of hydrogen-bond donors (Lipinski definition) is 1. The molecule has 2 aromatic heterocycles. The van der Waals surface area contributed by atoms with Crippen LogP contribution in [0.5, 0.6) is 5.75 Å². The van der Waals surface area contributed by atoms with Crippen LogP contribution in [0.4, 0.5) is 0 Å². The largest absolute Gasteiger partial charge is 0.507 e. The molecule has 1 atom stereocenters. The van der Waals surface area contributed by atoms with Crippen LogP contribution >= 0.6 is 0 Å². The first-order valence-electron chi connectivity index (χ1n) is 10.5. The minimum Gasteiger partial charge on any atom is -0.507 e. The molecular formula is C25H25NO6. The van der Waals surface area contributed by atoms with Gasteiger partial charge in [0.1, 0.15) is 34.8 Å². The number of aliphatic hydroxyl groups is 1. The van der Waals surface area contributed by atoms with E-state index in [-0.39, 0.29) is 17.9 Å². The maximum Gasteiger partial charge on any atom is 0.296 e. The molecule has 1 aliphatic heterocycles. The van der Waals surface area contributed by atoms with Crippen molar-refractivity contribution < 1.29 is 28.3 Å². The van der Waals surface area contributed by atoms with E-state index in [1.165, 1.54) is 11.2 Å². The van der Waals surface area contributed by atoms with Crippen molar-refractivity contribution in [1.82, 2.24) is 4.90 Å². The first kappa shape index (κ1) is 21.5. The van der Waals surface area contributed by atoms with Crippen LogP contribution < -0.4 is 4.74 Å². The fourth-order valence-corrected chi connectivity index (χ4v) is 3.64. The summed E-state index contributed by atoms with van der Waals surface area (Å²) in [6, 6.07) is 12.8. The van der Waals surface area contributed by atoms with Crippen molar-refractivity contribution >= 4 is 17.4 Å². The Morgan fingerprint density at radius 3 is 2.47 bits per heavy atom. The average Bonchev–Trinajstić information content (AvgIpc) is 3.49. The monoisotopic (exact) mass is 435 g/mol. The quantitative estimate of drug-likeness (QED) is 0.324. The molecule has 1 amide bonds. The van der Waals surface area contributed by atoms with E-state index in [4.69, 9.17) is 13.6 Å². The van der Waals surface area contributed by atoms with Gasteiger partial charge in [-0.25, -0.2) is 0 Å². The molecule has 0 bridgehead atoms. The number of rotatable bonds is 7. The molecule has 1 fully saturated rings. The Morgan fingerprint density at radius 2 is 1.88 bits per heavy atom. The highest BCUT2D eigenvalue weighted by atomic mass is 16.5. The lowest BCUT2D eigenvalue weighted by atomic mass is 9.99. The van der Waals surface area contributed by atoms with Crippen LogP contribution in [0.25, 0.3) is 5.76 Å². The number of ether oxygens (including phenoxy) is 1. The zero-order valence-electron chi connectivity index (χ0n) is 18.2. The molecular weight excluding hydrogens is 410 g/mol. The summed E-state index contributed by atoms with van der Waals surface area (Å²) in [5.41, 5.74) is 0.387. The van der Waals surface area contributed by atoms with E-state index < -0.39 is 17.7 Å². The van der Waals surface area contributed by atoms with E-state index in [2.05, 4.69) is 13.8 Å². The molecule has 3 aromatic rings. The van der Waals surface area contributed by atoms with E-state index in [9.17, 15) is 14.7 Å². The minimum absolute atomic E-state index is 0.0215. The summed E-state index contributed by atoms with van der Waals surface area (Å²) in [5, 5.41) is 11.1. The SMILES string of the molecule is Cc1ccc(C2/C(=C(/O)c3ccc(OCC(C)C)cc3)C(=O)C(=O)N2Cc2ccco2)o1. The lowest BCUT2D eigenvalue weighted by Gasteiger charge is -2.22. The summed E-state index contributed by atoms with van der Waals surface area (Å²) < 4.78 is 16.8. The molecule has 7 nitrogen and oxygen atoms in total. The van der Waals surface area contributed by atoms with Crippen molar-refractivity contribution in [2.45, 2.75) is 33.4 Å². The number of carbonyl (C=O) groups excluding carboxylic acids is 2. The smallest absolute Gasteiger partial charge is 0.296 e. The van der Waals surface area contributed by atoms with Crippen LogP contribution in [0.1, 0.15) is 42.7 Å². The summed E-state index contributed by atoms with van der Waals surface area (Å²) in [7, 11) is 0. The molecule has 32 heavy (non-hydrogen) atoms. The van der Waals surface area contributed by atoms with Gasteiger partial charge in [0.15, 0.2) is 0 Å². The number of benzene rings is 1. The second-order valence-electron chi connectivity index (χ2n) is 8.18. The number of Topliss-reactive ketones (excluding diaryl/α,β-unsaturated/α-hetero) is 1. The lowest BCUT2D eigenvalue weighted by molar-refractivity contribution is -0.140. The Labute approximate surface area is 185 Å². The van der Waals surface area contributed by atoms with Crippen LogP contribution in [-0.4, -0.2) is 28.3 Å². The number of aliphatic hydroxyl groups excluding tert-OH is 1. The van der Waals surface area contributed by atoms with Crippen molar-refractivity contribution in [2.24, 2.45) is 5.92 Å². The highest BCUT2D eigenvalue weighted by molar-refractivity contribution is 6.46. The van der Waals surface area contributed by atoms with Gasteiger partial charge in [0.25, 0.3) is 11.7 Å². The molecule has 0 spiro atoms. The molecule has 3 heterocycles. The fourth-order valence-electron chi connectivity index (χ4n) is 3.64. The van der Waals surface area contributed by atoms with Gasteiger partial charge in [-0.2, -0.15) is 0 Å². The zero-order chi connectivity index (χ0) is 22.8. The van der Waals surface area contributed by atoms with Gasteiger partial charge in [-0.3, -0.25) is 9.59 Å². The maximum atomic E-state index is 13.0. The Morgan fingerprint density at radius 1 is 1.12 bits per heavy atom. The lowest BCUT2D eigenvalue weighted by Crippen LogP contribution is -2.28. The summed E-state index contributed by atoms with van der Waals surface area (Å²) in [4.78, 5) is 27.2. The van der Waals surface area contributed by atoms with Crippen LogP contribution in [0.2, 0.25) is 0 Å². The van der Waals surface area contributed by atoms with E-state index in [1.54, 1.807) is 55.5 Å². The molecule has 0 radical (unpaired) electrons. The molecule has 166 valence electrons. The van der Waals surface area contributed by atoms with Crippen molar-refractivity contribution in [1.29, 1.82) is 0 Å². The standard InChI is InChI=1S/C25H25NO6/c1-15(2)14-31-18-9-7-17(8-10-18)23(27)21-22(20-11-6-16(3)32-20)26(25(29)24(21)28)13-19-5-4-12-30-19/h4-12,15,22,27H,13-14H2,1-3H3/b23-21-. The zero-order valence-corrected chi connectivity index (χ0v) is 18.2. The minimum atomic E-state index is -0.870. The van der Waals surface area contributed by atoms with Gasteiger partial charge in [0.2, 0.25) is 0 Å². The predicted octanol–water partition coefficient (Wildman–Crippen LogP) is 4.84. The second-order valence-corrected chi connectivity index (χ2v) is 8.18. The summed E-state index contributed by atoms with van der Waals surface area (Å²) in [6.45, 7) is 6.52. The third-order valence-corrected chi connectivity index (χ3v) is 5.19. The first-order chi connectivity index (χ1) is 15.3. The van der Waals surface area contributed by atoms with Gasteiger partial charge in [-0.15, -0.1) is 0 Å². The van der Waals surface area contributed by atoms with E-state index >= 15 is 0 Å². The summed E-state index contributed by atoms with van der Waals surface area (Å²) >= 11 is 0. The average molecular weight is 435 g/mol. The van der Waals surface area contributed by atoms with Gasteiger partial charge in [-0.05, 0) is 61.4 Å². The van der Waals surface area contributed by atoms with Crippen LogP contribution in [0.15, 0.2) is 69.2 Å². The van der Waals surface area contributed by atoms with E-state index in [1.807, 2.05) is 0 Å². The summed E-state index contributed by atoms with van der Waals surface area (Å²) in [6.07, 6.45) is 1.50. The highest BCUT2D eigenvalue weighted by Gasteiger charge is 2.47. The molecule has 7 heteroatoms. The molecule has 1 aliphatic rings. The number of nitrogens with zero attached hydrogens (tertiary/aromatic N) is 1. The topological polar surface area (TPSA) is 93.1 Å². The Bertz CT molecular complexity index is 1140. The Kier molecular flexibility index (Phi) is 5.90. The molecule has 1 saturated heterocycles. The van der Waals surface area contributed by atoms with Gasteiger partial charge in [0.05, 0.1) is 25.0 Å². The second kappa shape index (κ2) is 8.78. The molecule has 0 aliphatic carbocycles. The van der Waals surface area contributed by atoms with Crippen LogP contribution in [-0.2, 0) is 16.1 Å². The molecule has 4 rings (SSSR count). The summed E-state index contributed by atoms with van der Waals surface area (Å²) in [5.74, 6) is 0.831. The maximum absolute atomic E-state index is 13.0.